The summed E-state index contributed by atoms with van der Waals surface area (Å²) in [6.45, 7) is 3.15. The van der Waals surface area contributed by atoms with E-state index in [9.17, 15) is 0 Å². The van der Waals surface area contributed by atoms with Crippen LogP contribution in [-0.2, 0) is 0 Å². The summed E-state index contributed by atoms with van der Waals surface area (Å²) in [5.74, 6) is 2.15. The quantitative estimate of drug-likeness (QED) is 0.903. The van der Waals surface area contributed by atoms with Gasteiger partial charge in [-0.05, 0) is 36.8 Å². The van der Waals surface area contributed by atoms with E-state index >= 15 is 0 Å². The molecule has 0 bridgehead atoms. The Morgan fingerprint density at radius 1 is 1.20 bits per heavy atom. The third-order valence-electron chi connectivity index (χ3n) is 4.74. The number of aliphatic imine (C=N–C) groups is 1. The Hall–Kier alpha value is -1.22. The smallest absolute Gasteiger partial charge is 0.196 e. The fourth-order valence-electron chi connectivity index (χ4n) is 3.49. The topological polar surface area (TPSA) is 41.6 Å². The molecule has 1 aliphatic heterocycles. The van der Waals surface area contributed by atoms with Crippen LogP contribution in [0.1, 0.15) is 32.6 Å². The normalized spacial score (nSPS) is 30.4. The molecule has 3 nitrogen and oxygen atoms in total. The third-order valence-corrected chi connectivity index (χ3v) is 5.06. The van der Waals surface area contributed by atoms with Crippen LogP contribution in [0.4, 0.5) is 5.69 Å². The van der Waals surface area contributed by atoms with Crippen LogP contribution in [-0.4, -0.2) is 18.5 Å². The first-order valence-electron chi connectivity index (χ1n) is 7.50. The van der Waals surface area contributed by atoms with Gasteiger partial charge in [0.05, 0.1) is 23.3 Å². The molecule has 0 amide bonds. The largest absolute Gasteiger partial charge is 0.370 e. The van der Waals surface area contributed by atoms with Gasteiger partial charge in [-0.25, -0.2) is 0 Å². The number of anilines is 1. The lowest BCUT2D eigenvalue weighted by atomic mass is 9.79. The molecule has 108 valence electrons. The van der Waals surface area contributed by atoms with E-state index < -0.39 is 0 Å². The molecule has 0 aromatic heterocycles. The van der Waals surface area contributed by atoms with Gasteiger partial charge in [-0.1, -0.05) is 43.5 Å². The van der Waals surface area contributed by atoms with Crippen LogP contribution in [0.5, 0.6) is 0 Å². The minimum atomic E-state index is 0.377. The monoisotopic (exact) mass is 291 g/mol. The van der Waals surface area contributed by atoms with Crippen molar-refractivity contribution in [1.82, 2.24) is 0 Å². The van der Waals surface area contributed by atoms with Crippen LogP contribution in [0.25, 0.3) is 0 Å². The van der Waals surface area contributed by atoms with Crippen LogP contribution in [0.3, 0.4) is 0 Å². The molecule has 20 heavy (non-hydrogen) atoms. The summed E-state index contributed by atoms with van der Waals surface area (Å²) in [5.41, 5.74) is 7.12. The second-order valence-corrected chi connectivity index (χ2v) is 6.51. The zero-order valence-electron chi connectivity index (χ0n) is 11.9. The average Bonchev–Trinajstić information content (AvgIpc) is 2.82. The standard InChI is InChI=1S/C16H22ClN3/c1-11-6-8-12(9-7-11)15-10-19-16(18)20(15)14-5-3-2-4-13(14)17/h2-5,11-12,15H,6-10H2,1H3,(H2,18,19). The average molecular weight is 292 g/mol. The second kappa shape index (κ2) is 5.65. The third kappa shape index (κ3) is 2.51. The van der Waals surface area contributed by atoms with Crippen molar-refractivity contribution in [3.8, 4) is 0 Å². The fourth-order valence-corrected chi connectivity index (χ4v) is 3.72. The fraction of sp³-hybridized carbons (Fsp3) is 0.562. The Bertz CT molecular complexity index is 506. The molecule has 4 heteroatoms. The zero-order valence-corrected chi connectivity index (χ0v) is 12.7. The van der Waals surface area contributed by atoms with Crippen molar-refractivity contribution >= 4 is 23.2 Å². The van der Waals surface area contributed by atoms with Crippen LogP contribution in [0.2, 0.25) is 5.02 Å². The Morgan fingerprint density at radius 2 is 1.90 bits per heavy atom. The van der Waals surface area contributed by atoms with Gasteiger partial charge in [0.1, 0.15) is 0 Å². The van der Waals surface area contributed by atoms with Crippen molar-refractivity contribution in [2.45, 2.75) is 38.6 Å². The molecule has 1 saturated carbocycles. The van der Waals surface area contributed by atoms with E-state index in [1.54, 1.807) is 0 Å². The molecular weight excluding hydrogens is 270 g/mol. The van der Waals surface area contributed by atoms with Crippen LogP contribution in [0.15, 0.2) is 29.3 Å². The highest BCUT2D eigenvalue weighted by atomic mass is 35.5. The predicted molar refractivity (Wildman–Crippen MR) is 85.3 cm³/mol. The van der Waals surface area contributed by atoms with Gasteiger partial charge >= 0.3 is 0 Å². The number of halogens is 1. The summed E-state index contributed by atoms with van der Waals surface area (Å²) in [7, 11) is 0. The van der Waals surface area contributed by atoms with Gasteiger partial charge in [0.15, 0.2) is 5.96 Å². The first kappa shape index (κ1) is 13.7. The number of hydrogen-bond donors (Lipinski definition) is 1. The molecule has 0 radical (unpaired) electrons. The van der Waals surface area contributed by atoms with Crippen LogP contribution < -0.4 is 10.6 Å². The molecule has 1 heterocycles. The van der Waals surface area contributed by atoms with E-state index in [0.29, 0.717) is 17.9 Å². The van der Waals surface area contributed by atoms with E-state index in [0.717, 1.165) is 23.2 Å². The Labute approximate surface area is 125 Å². The predicted octanol–water partition coefficient (Wildman–Crippen LogP) is 3.67. The summed E-state index contributed by atoms with van der Waals surface area (Å²) in [6, 6.07) is 8.29. The molecule has 2 N–H and O–H groups in total. The molecule has 2 aliphatic rings. The number of rotatable bonds is 2. The maximum Gasteiger partial charge on any atom is 0.196 e. The van der Waals surface area contributed by atoms with Gasteiger partial charge < -0.3 is 10.6 Å². The number of guanidine groups is 1. The van der Waals surface area contributed by atoms with E-state index in [4.69, 9.17) is 17.3 Å². The van der Waals surface area contributed by atoms with Gasteiger partial charge in [0, 0.05) is 0 Å². The van der Waals surface area contributed by atoms with Crippen molar-refractivity contribution in [1.29, 1.82) is 0 Å². The van der Waals surface area contributed by atoms with E-state index in [2.05, 4.69) is 16.8 Å². The molecule has 1 unspecified atom stereocenters. The Morgan fingerprint density at radius 3 is 2.60 bits per heavy atom. The molecule has 1 aromatic rings. The van der Waals surface area contributed by atoms with Gasteiger partial charge in [0.25, 0.3) is 0 Å². The Kier molecular flexibility index (Phi) is 3.88. The highest BCUT2D eigenvalue weighted by Crippen LogP contribution is 2.37. The van der Waals surface area contributed by atoms with Gasteiger partial charge in [-0.15, -0.1) is 0 Å². The first-order chi connectivity index (χ1) is 9.66. The van der Waals surface area contributed by atoms with E-state index in [-0.39, 0.29) is 0 Å². The van der Waals surface area contributed by atoms with Gasteiger partial charge in [-0.3, -0.25) is 4.99 Å². The van der Waals surface area contributed by atoms with E-state index in [1.807, 2.05) is 24.3 Å². The SMILES string of the molecule is CC1CCC(C2CN=C(N)N2c2ccccc2Cl)CC1. The van der Waals surface area contributed by atoms with Crippen molar-refractivity contribution < 1.29 is 0 Å². The molecule has 1 aliphatic carbocycles. The molecule has 0 saturated heterocycles. The minimum Gasteiger partial charge on any atom is -0.370 e. The lowest BCUT2D eigenvalue weighted by Gasteiger charge is -2.36. The molecule has 3 rings (SSSR count). The summed E-state index contributed by atoms with van der Waals surface area (Å²) in [5, 5.41) is 0.752. The summed E-state index contributed by atoms with van der Waals surface area (Å²) >= 11 is 6.34. The number of nitrogens with zero attached hydrogens (tertiary/aromatic N) is 2. The maximum absolute atomic E-state index is 6.34. The summed E-state index contributed by atoms with van der Waals surface area (Å²) in [4.78, 5) is 6.63. The lowest BCUT2D eigenvalue weighted by molar-refractivity contribution is 0.261. The number of nitrogens with two attached hydrogens (primary N) is 1. The molecule has 1 aromatic carbocycles. The molecule has 0 spiro atoms. The summed E-state index contributed by atoms with van der Waals surface area (Å²) in [6.07, 6.45) is 5.18. The van der Waals surface area contributed by atoms with Crippen LogP contribution >= 0.6 is 11.6 Å². The van der Waals surface area contributed by atoms with Crippen molar-refractivity contribution in [2.75, 3.05) is 11.4 Å². The molecule has 1 fully saturated rings. The highest BCUT2D eigenvalue weighted by molar-refractivity contribution is 6.33. The van der Waals surface area contributed by atoms with Crippen molar-refractivity contribution in [3.05, 3.63) is 29.3 Å². The number of hydrogen-bond acceptors (Lipinski definition) is 3. The van der Waals surface area contributed by atoms with E-state index in [1.165, 1.54) is 25.7 Å². The highest BCUT2D eigenvalue weighted by Gasteiger charge is 2.36. The molecule has 1 atom stereocenters. The molecular formula is C16H22ClN3. The Balaban J connectivity index is 1.84. The summed E-state index contributed by atoms with van der Waals surface area (Å²) < 4.78 is 0. The van der Waals surface area contributed by atoms with Crippen molar-refractivity contribution in [3.63, 3.8) is 0 Å². The second-order valence-electron chi connectivity index (χ2n) is 6.11. The lowest BCUT2D eigenvalue weighted by Crippen LogP contribution is -2.45. The van der Waals surface area contributed by atoms with Gasteiger partial charge in [0.2, 0.25) is 0 Å². The van der Waals surface area contributed by atoms with Crippen LogP contribution in [0, 0.1) is 11.8 Å². The van der Waals surface area contributed by atoms with Gasteiger partial charge in [-0.2, -0.15) is 0 Å². The zero-order chi connectivity index (χ0) is 14.1. The van der Waals surface area contributed by atoms with Crippen molar-refractivity contribution in [2.24, 2.45) is 22.6 Å². The number of benzene rings is 1. The minimum absolute atomic E-state index is 0.377. The first-order valence-corrected chi connectivity index (χ1v) is 7.88. The maximum atomic E-state index is 6.34. The number of para-hydroxylation sites is 1.